The fourth-order valence-corrected chi connectivity index (χ4v) is 5.54. The Balaban J connectivity index is 1.93. The number of halogens is 2. The molecule has 0 spiro atoms. The highest BCUT2D eigenvalue weighted by molar-refractivity contribution is 7.89. The molecule has 0 saturated carbocycles. The van der Waals surface area contributed by atoms with E-state index in [-0.39, 0.29) is 23.3 Å². The summed E-state index contributed by atoms with van der Waals surface area (Å²) in [6.07, 6.45) is 0.661. The summed E-state index contributed by atoms with van der Waals surface area (Å²) in [5.74, 6) is -0.529. The molecule has 1 aliphatic heterocycles. The summed E-state index contributed by atoms with van der Waals surface area (Å²) in [4.78, 5) is 14.2. The molecule has 0 aromatic heterocycles. The first-order valence-corrected chi connectivity index (χ1v) is 11.8. The minimum atomic E-state index is -4.01. The summed E-state index contributed by atoms with van der Waals surface area (Å²) < 4.78 is 54.5. The zero-order valence-electron chi connectivity index (χ0n) is 18.0. The van der Waals surface area contributed by atoms with E-state index in [9.17, 15) is 22.0 Å². The van der Waals surface area contributed by atoms with Crippen LogP contribution in [0.15, 0.2) is 47.4 Å². The first-order valence-electron chi connectivity index (χ1n) is 10.4. The zero-order valence-corrected chi connectivity index (χ0v) is 18.8. The normalized spacial score (nSPS) is 15.3. The van der Waals surface area contributed by atoms with Gasteiger partial charge in [-0.2, -0.15) is 4.31 Å². The summed E-state index contributed by atoms with van der Waals surface area (Å²) in [5.41, 5.74) is 2.37. The predicted molar refractivity (Wildman–Crippen MR) is 115 cm³/mol. The van der Waals surface area contributed by atoms with Crippen LogP contribution >= 0.6 is 0 Å². The van der Waals surface area contributed by atoms with E-state index >= 15 is 0 Å². The van der Waals surface area contributed by atoms with E-state index in [1.54, 1.807) is 24.0 Å². The smallest absolute Gasteiger partial charge is 0.243 e. The van der Waals surface area contributed by atoms with Crippen molar-refractivity contribution in [3.05, 3.63) is 65.0 Å². The SMILES string of the molecule is CC(C)C(=O)N1CCc2ccc(S(=O)(=O)N(CCF)[C@H](C)c3ccc(F)cc3)cc2C1. The number of alkyl halides is 1. The van der Waals surface area contributed by atoms with Gasteiger partial charge in [-0.3, -0.25) is 4.79 Å². The van der Waals surface area contributed by atoms with Crippen molar-refractivity contribution in [2.24, 2.45) is 5.92 Å². The maximum Gasteiger partial charge on any atom is 0.243 e. The zero-order chi connectivity index (χ0) is 22.8. The van der Waals surface area contributed by atoms with Gasteiger partial charge in [-0.1, -0.05) is 32.0 Å². The van der Waals surface area contributed by atoms with Gasteiger partial charge in [0.15, 0.2) is 0 Å². The van der Waals surface area contributed by atoms with E-state index in [0.717, 1.165) is 15.4 Å². The van der Waals surface area contributed by atoms with Crippen molar-refractivity contribution in [3.63, 3.8) is 0 Å². The average molecular weight is 451 g/mol. The molecule has 31 heavy (non-hydrogen) atoms. The second kappa shape index (κ2) is 9.44. The van der Waals surface area contributed by atoms with Crippen molar-refractivity contribution >= 4 is 15.9 Å². The maximum absolute atomic E-state index is 13.4. The quantitative estimate of drug-likeness (QED) is 0.639. The molecule has 2 aromatic rings. The molecule has 0 fully saturated rings. The number of fused-ring (bicyclic) bond motifs is 1. The second-order valence-corrected chi connectivity index (χ2v) is 10.0. The first-order chi connectivity index (χ1) is 14.6. The number of nitrogens with zero attached hydrogens (tertiary/aromatic N) is 2. The number of hydrogen-bond acceptors (Lipinski definition) is 3. The third-order valence-electron chi connectivity index (χ3n) is 5.69. The molecule has 0 radical (unpaired) electrons. The van der Waals surface area contributed by atoms with E-state index in [4.69, 9.17) is 0 Å². The van der Waals surface area contributed by atoms with Crippen molar-refractivity contribution in [2.45, 2.75) is 44.7 Å². The van der Waals surface area contributed by atoms with E-state index < -0.39 is 28.6 Å². The van der Waals surface area contributed by atoms with Crippen molar-refractivity contribution in [1.82, 2.24) is 9.21 Å². The summed E-state index contributed by atoms with van der Waals surface area (Å²) in [6, 6.07) is 9.75. The molecule has 0 saturated heterocycles. The molecular formula is C23H28F2N2O3S. The van der Waals surface area contributed by atoms with Crippen LogP contribution in [-0.4, -0.2) is 43.3 Å². The van der Waals surface area contributed by atoms with Crippen LogP contribution in [0.2, 0.25) is 0 Å². The molecule has 1 amide bonds. The van der Waals surface area contributed by atoms with E-state index in [2.05, 4.69) is 0 Å². The van der Waals surface area contributed by atoms with E-state index in [0.29, 0.717) is 25.1 Å². The minimum Gasteiger partial charge on any atom is -0.338 e. The molecule has 0 N–H and O–H groups in total. The number of carbonyl (C=O) groups excluding carboxylic acids is 1. The Labute approximate surface area is 182 Å². The summed E-state index contributed by atoms with van der Waals surface area (Å²) in [7, 11) is -4.01. The largest absolute Gasteiger partial charge is 0.338 e. The summed E-state index contributed by atoms with van der Waals surface area (Å²) in [5, 5.41) is 0. The third kappa shape index (κ3) is 4.96. The molecule has 3 rings (SSSR count). The van der Waals surface area contributed by atoms with Gasteiger partial charge in [0.05, 0.1) is 4.90 Å². The monoisotopic (exact) mass is 450 g/mol. The second-order valence-electron chi connectivity index (χ2n) is 8.13. The molecule has 0 bridgehead atoms. The van der Waals surface area contributed by atoms with E-state index in [1.165, 1.54) is 30.3 Å². The van der Waals surface area contributed by atoms with Crippen LogP contribution in [-0.2, 0) is 27.8 Å². The summed E-state index contributed by atoms with van der Waals surface area (Å²) in [6.45, 7) is 5.14. The highest BCUT2D eigenvalue weighted by atomic mass is 32.2. The Morgan fingerprint density at radius 3 is 2.39 bits per heavy atom. The number of amides is 1. The Kier molecular flexibility index (Phi) is 7.11. The van der Waals surface area contributed by atoms with Gasteiger partial charge in [-0.15, -0.1) is 0 Å². The molecule has 5 nitrogen and oxygen atoms in total. The Hall–Kier alpha value is -2.32. The lowest BCUT2D eigenvalue weighted by molar-refractivity contribution is -0.135. The first kappa shape index (κ1) is 23.3. The lowest BCUT2D eigenvalue weighted by atomic mass is 9.99. The minimum absolute atomic E-state index is 0.0305. The fourth-order valence-electron chi connectivity index (χ4n) is 3.90. The van der Waals surface area contributed by atoms with Crippen LogP contribution in [0.5, 0.6) is 0 Å². The van der Waals surface area contributed by atoms with Gasteiger partial charge < -0.3 is 4.90 Å². The van der Waals surface area contributed by atoms with Crippen LogP contribution in [0.4, 0.5) is 8.78 Å². The van der Waals surface area contributed by atoms with Crippen molar-refractivity contribution < 1.29 is 22.0 Å². The van der Waals surface area contributed by atoms with E-state index in [1.807, 2.05) is 13.8 Å². The van der Waals surface area contributed by atoms with Gasteiger partial charge in [0.2, 0.25) is 15.9 Å². The van der Waals surface area contributed by atoms with Crippen molar-refractivity contribution in [3.8, 4) is 0 Å². The Morgan fingerprint density at radius 2 is 1.77 bits per heavy atom. The standard InChI is InChI=1S/C23H28F2N2O3S/c1-16(2)23(28)26-12-10-19-6-9-22(14-20(19)15-26)31(29,30)27(13-11-24)17(3)18-4-7-21(25)8-5-18/h4-9,14,16-17H,10-13,15H2,1-3H3/t17-/m1/s1. The molecule has 0 aliphatic carbocycles. The van der Waals surface area contributed by atoms with Crippen molar-refractivity contribution in [1.29, 1.82) is 0 Å². The molecule has 1 aliphatic rings. The predicted octanol–water partition coefficient (Wildman–Crippen LogP) is 4.09. The molecule has 168 valence electrons. The van der Waals surface area contributed by atoms with Gasteiger partial charge in [0.1, 0.15) is 12.5 Å². The molecular weight excluding hydrogens is 422 g/mol. The number of sulfonamides is 1. The van der Waals surface area contributed by atoms with Gasteiger partial charge in [0, 0.05) is 31.6 Å². The average Bonchev–Trinajstić information content (AvgIpc) is 2.76. The lowest BCUT2D eigenvalue weighted by Crippen LogP contribution is -2.39. The highest BCUT2D eigenvalue weighted by Gasteiger charge is 2.31. The molecule has 1 atom stereocenters. The Bertz CT molecular complexity index is 1040. The van der Waals surface area contributed by atoms with Gasteiger partial charge in [-0.25, -0.2) is 17.2 Å². The van der Waals surface area contributed by atoms with Crippen LogP contribution in [0.25, 0.3) is 0 Å². The highest BCUT2D eigenvalue weighted by Crippen LogP contribution is 2.30. The maximum atomic E-state index is 13.4. The van der Waals surface area contributed by atoms with Crippen LogP contribution in [0, 0.1) is 11.7 Å². The molecule has 1 heterocycles. The van der Waals surface area contributed by atoms with Crippen LogP contribution < -0.4 is 0 Å². The van der Waals surface area contributed by atoms with Crippen molar-refractivity contribution in [2.75, 3.05) is 19.8 Å². The number of hydrogen-bond donors (Lipinski definition) is 0. The van der Waals surface area contributed by atoms with Gasteiger partial charge in [0.25, 0.3) is 0 Å². The third-order valence-corrected chi connectivity index (χ3v) is 7.66. The van der Waals surface area contributed by atoms with Crippen LogP contribution in [0.1, 0.15) is 43.5 Å². The number of benzene rings is 2. The van der Waals surface area contributed by atoms with Crippen LogP contribution in [0.3, 0.4) is 0 Å². The lowest BCUT2D eigenvalue weighted by Gasteiger charge is -2.31. The molecule has 8 heteroatoms. The molecule has 0 unspecified atom stereocenters. The summed E-state index contributed by atoms with van der Waals surface area (Å²) >= 11 is 0. The topological polar surface area (TPSA) is 57.7 Å². The number of carbonyl (C=O) groups is 1. The Morgan fingerprint density at radius 1 is 1.10 bits per heavy atom. The number of rotatable bonds is 7. The van der Waals surface area contributed by atoms with Gasteiger partial charge in [-0.05, 0) is 54.3 Å². The van der Waals surface area contributed by atoms with Gasteiger partial charge >= 0.3 is 0 Å². The fraction of sp³-hybridized carbons (Fsp3) is 0.435. The molecule has 2 aromatic carbocycles.